The number of nitrogens with zero attached hydrogens (tertiary/aromatic N) is 2. The molecule has 2 aromatic rings. The monoisotopic (exact) mass is 288 g/mol. The molecule has 110 valence electrons. The number of aromatic nitrogens is 2. The number of amides is 1. The van der Waals surface area contributed by atoms with Gasteiger partial charge in [-0.25, -0.2) is 4.39 Å². The summed E-state index contributed by atoms with van der Waals surface area (Å²) in [6, 6.07) is 6.34. The molecule has 2 heterocycles. The Kier molecular flexibility index (Phi) is 3.70. The van der Waals surface area contributed by atoms with Crippen LogP contribution in [0.25, 0.3) is 11.3 Å². The van der Waals surface area contributed by atoms with Gasteiger partial charge < -0.3 is 10.6 Å². The number of halogens is 1. The zero-order valence-electron chi connectivity index (χ0n) is 11.6. The molecule has 0 saturated carbocycles. The molecule has 21 heavy (non-hydrogen) atoms. The average molecular weight is 288 g/mol. The summed E-state index contributed by atoms with van der Waals surface area (Å²) in [5.74, 6) is -0.159. The Balaban J connectivity index is 1.89. The molecular weight excluding hydrogens is 271 g/mol. The lowest BCUT2D eigenvalue weighted by Crippen LogP contribution is -2.30. The number of aromatic amines is 1. The molecule has 1 saturated heterocycles. The highest BCUT2D eigenvalue weighted by Gasteiger charge is 2.28. The Labute approximate surface area is 121 Å². The summed E-state index contributed by atoms with van der Waals surface area (Å²) in [6.45, 7) is 1.91. The molecular formula is C15H17FN4O. The smallest absolute Gasteiger partial charge is 0.257 e. The largest absolute Gasteiger partial charge is 0.338 e. The predicted octanol–water partition coefficient (Wildman–Crippen LogP) is 1.64. The van der Waals surface area contributed by atoms with E-state index in [1.807, 2.05) is 0 Å². The molecule has 0 bridgehead atoms. The highest BCUT2D eigenvalue weighted by Crippen LogP contribution is 2.26. The van der Waals surface area contributed by atoms with Crippen LogP contribution >= 0.6 is 0 Å². The van der Waals surface area contributed by atoms with Gasteiger partial charge in [0, 0.05) is 18.7 Å². The molecule has 6 heteroatoms. The molecule has 5 nitrogen and oxygen atoms in total. The number of H-pyrrole nitrogens is 1. The maximum atomic E-state index is 13.9. The standard InChI is InChI=1S/C15H17FN4O/c16-13-4-2-1-3-11(13)14-12(8-18-19-14)15(21)20-6-5-10(7-17)9-20/h1-4,8,10H,5-7,9,17H2,(H,18,19). The minimum Gasteiger partial charge on any atom is -0.338 e. The molecule has 0 aliphatic carbocycles. The zero-order chi connectivity index (χ0) is 14.8. The van der Waals surface area contributed by atoms with E-state index in [0.29, 0.717) is 42.4 Å². The van der Waals surface area contributed by atoms with Crippen molar-refractivity contribution in [2.75, 3.05) is 19.6 Å². The predicted molar refractivity (Wildman–Crippen MR) is 77.0 cm³/mol. The van der Waals surface area contributed by atoms with Crippen LogP contribution in [0.5, 0.6) is 0 Å². The molecule has 1 aromatic carbocycles. The summed E-state index contributed by atoms with van der Waals surface area (Å²) in [7, 11) is 0. The van der Waals surface area contributed by atoms with Crippen molar-refractivity contribution in [1.82, 2.24) is 15.1 Å². The van der Waals surface area contributed by atoms with E-state index in [-0.39, 0.29) is 11.7 Å². The van der Waals surface area contributed by atoms with Crippen molar-refractivity contribution in [3.05, 3.63) is 41.8 Å². The fraction of sp³-hybridized carbons (Fsp3) is 0.333. The van der Waals surface area contributed by atoms with Crippen LogP contribution in [0.2, 0.25) is 0 Å². The fourth-order valence-corrected chi connectivity index (χ4v) is 2.70. The molecule has 1 aliphatic heterocycles. The van der Waals surface area contributed by atoms with E-state index < -0.39 is 0 Å². The Hall–Kier alpha value is -2.21. The van der Waals surface area contributed by atoms with Gasteiger partial charge in [0.15, 0.2) is 0 Å². The second kappa shape index (κ2) is 5.65. The minimum absolute atomic E-state index is 0.127. The molecule has 0 spiro atoms. The van der Waals surface area contributed by atoms with Crippen LogP contribution in [0, 0.1) is 11.7 Å². The lowest BCUT2D eigenvalue weighted by atomic mass is 10.1. The van der Waals surface area contributed by atoms with Crippen LogP contribution < -0.4 is 5.73 Å². The Morgan fingerprint density at radius 3 is 3.00 bits per heavy atom. The first-order valence-corrected chi connectivity index (χ1v) is 6.98. The third-order valence-corrected chi connectivity index (χ3v) is 3.92. The van der Waals surface area contributed by atoms with Gasteiger partial charge in [0.1, 0.15) is 5.82 Å². The third kappa shape index (κ3) is 2.54. The van der Waals surface area contributed by atoms with E-state index in [2.05, 4.69) is 10.2 Å². The molecule has 1 unspecified atom stereocenters. The van der Waals surface area contributed by atoms with Gasteiger partial charge in [-0.3, -0.25) is 9.89 Å². The maximum Gasteiger partial charge on any atom is 0.257 e. The second-order valence-corrected chi connectivity index (χ2v) is 5.28. The number of carbonyl (C=O) groups is 1. The van der Waals surface area contributed by atoms with Crippen molar-refractivity contribution in [3.8, 4) is 11.3 Å². The Bertz CT molecular complexity index is 655. The van der Waals surface area contributed by atoms with Gasteiger partial charge in [0.2, 0.25) is 0 Å². The van der Waals surface area contributed by atoms with Crippen molar-refractivity contribution in [1.29, 1.82) is 0 Å². The number of nitrogens with two attached hydrogens (primary N) is 1. The van der Waals surface area contributed by atoms with Crippen molar-refractivity contribution < 1.29 is 9.18 Å². The van der Waals surface area contributed by atoms with E-state index in [9.17, 15) is 9.18 Å². The highest BCUT2D eigenvalue weighted by molar-refractivity contribution is 5.99. The number of carbonyl (C=O) groups excluding carboxylic acids is 1. The van der Waals surface area contributed by atoms with E-state index in [4.69, 9.17) is 5.73 Å². The molecule has 0 radical (unpaired) electrons. The summed E-state index contributed by atoms with van der Waals surface area (Å²) in [4.78, 5) is 14.3. The molecule has 3 N–H and O–H groups in total. The SMILES string of the molecule is NCC1CCN(C(=O)c2cn[nH]c2-c2ccccc2F)C1. The summed E-state index contributed by atoms with van der Waals surface area (Å²) >= 11 is 0. The summed E-state index contributed by atoms with van der Waals surface area (Å²) < 4.78 is 13.9. The molecule has 1 amide bonds. The minimum atomic E-state index is -0.378. The number of nitrogens with one attached hydrogen (secondary N) is 1. The lowest BCUT2D eigenvalue weighted by molar-refractivity contribution is 0.0788. The van der Waals surface area contributed by atoms with Gasteiger partial charge in [-0.2, -0.15) is 5.10 Å². The molecule has 1 aliphatic rings. The first-order valence-electron chi connectivity index (χ1n) is 6.98. The van der Waals surface area contributed by atoms with Crippen LogP contribution in [0.3, 0.4) is 0 Å². The van der Waals surface area contributed by atoms with Gasteiger partial charge in [0.25, 0.3) is 5.91 Å². The summed E-state index contributed by atoms with van der Waals surface area (Å²) in [6.07, 6.45) is 2.37. The Morgan fingerprint density at radius 2 is 2.29 bits per heavy atom. The lowest BCUT2D eigenvalue weighted by Gasteiger charge is -2.16. The maximum absolute atomic E-state index is 13.9. The van der Waals surface area contributed by atoms with Crippen LogP contribution in [-0.2, 0) is 0 Å². The van der Waals surface area contributed by atoms with E-state index >= 15 is 0 Å². The molecule has 1 aromatic heterocycles. The fourth-order valence-electron chi connectivity index (χ4n) is 2.70. The first kappa shape index (κ1) is 13.8. The first-order chi connectivity index (χ1) is 10.2. The third-order valence-electron chi connectivity index (χ3n) is 3.92. The number of rotatable bonds is 3. The van der Waals surface area contributed by atoms with Crippen LogP contribution in [0.1, 0.15) is 16.8 Å². The Morgan fingerprint density at radius 1 is 1.48 bits per heavy atom. The van der Waals surface area contributed by atoms with Gasteiger partial charge in [0.05, 0.1) is 17.5 Å². The normalized spacial score (nSPS) is 18.2. The highest BCUT2D eigenvalue weighted by atomic mass is 19.1. The number of hydrogen-bond acceptors (Lipinski definition) is 3. The van der Waals surface area contributed by atoms with Crippen molar-refractivity contribution in [3.63, 3.8) is 0 Å². The van der Waals surface area contributed by atoms with Gasteiger partial charge in [-0.1, -0.05) is 12.1 Å². The van der Waals surface area contributed by atoms with Gasteiger partial charge >= 0.3 is 0 Å². The molecule has 1 fully saturated rings. The van der Waals surface area contributed by atoms with Crippen molar-refractivity contribution >= 4 is 5.91 Å². The number of hydrogen-bond donors (Lipinski definition) is 2. The van der Waals surface area contributed by atoms with Crippen LogP contribution in [0.4, 0.5) is 4.39 Å². The van der Waals surface area contributed by atoms with Crippen molar-refractivity contribution in [2.45, 2.75) is 6.42 Å². The van der Waals surface area contributed by atoms with Crippen LogP contribution in [-0.4, -0.2) is 40.6 Å². The topological polar surface area (TPSA) is 75.0 Å². The zero-order valence-corrected chi connectivity index (χ0v) is 11.6. The number of likely N-dealkylation sites (tertiary alicyclic amines) is 1. The quantitative estimate of drug-likeness (QED) is 0.901. The van der Waals surface area contributed by atoms with Crippen molar-refractivity contribution in [2.24, 2.45) is 11.7 Å². The molecule has 1 atom stereocenters. The average Bonchev–Trinajstić information content (AvgIpc) is 3.16. The summed E-state index contributed by atoms with van der Waals surface area (Å²) in [5.41, 5.74) is 6.83. The van der Waals surface area contributed by atoms with Gasteiger partial charge in [-0.15, -0.1) is 0 Å². The van der Waals surface area contributed by atoms with E-state index in [0.717, 1.165) is 6.42 Å². The molecule has 3 rings (SSSR count). The number of benzene rings is 1. The van der Waals surface area contributed by atoms with E-state index in [1.165, 1.54) is 12.3 Å². The second-order valence-electron chi connectivity index (χ2n) is 5.28. The van der Waals surface area contributed by atoms with E-state index in [1.54, 1.807) is 23.1 Å². The summed E-state index contributed by atoms with van der Waals surface area (Å²) in [5, 5.41) is 6.64. The van der Waals surface area contributed by atoms with Crippen LogP contribution in [0.15, 0.2) is 30.5 Å². The van der Waals surface area contributed by atoms with Gasteiger partial charge in [-0.05, 0) is 31.0 Å².